The van der Waals surface area contributed by atoms with Crippen LogP contribution in [0, 0.1) is 0 Å². The highest BCUT2D eigenvalue weighted by Gasteiger charge is 2.42. The van der Waals surface area contributed by atoms with Gasteiger partial charge < -0.3 is 23.7 Å². The van der Waals surface area contributed by atoms with E-state index in [-0.39, 0.29) is 13.0 Å². The molecule has 1 aliphatic rings. The molecular weight excluding hydrogens is 382 g/mol. The molecule has 1 aromatic carbocycles. The molecule has 0 spiro atoms. The van der Waals surface area contributed by atoms with Gasteiger partial charge in [-0.15, -0.1) is 0 Å². The summed E-state index contributed by atoms with van der Waals surface area (Å²) in [5.74, 6) is -0.850. The van der Waals surface area contributed by atoms with Gasteiger partial charge in [0, 0.05) is 33.4 Å². The summed E-state index contributed by atoms with van der Waals surface area (Å²) in [4.78, 5) is 38.7. The average Bonchev–Trinajstić information content (AvgIpc) is 2.65. The number of hydrogen-bond acceptors (Lipinski definition) is 9. The van der Waals surface area contributed by atoms with Gasteiger partial charge in [-0.1, -0.05) is 0 Å². The van der Waals surface area contributed by atoms with Crippen LogP contribution in [-0.4, -0.2) is 62.4 Å². The van der Waals surface area contributed by atoms with Gasteiger partial charge in [0.2, 0.25) is 6.29 Å². The lowest BCUT2D eigenvalue weighted by atomic mass is 10.00. The maximum Gasteiger partial charge on any atom is 0.305 e. The van der Waals surface area contributed by atoms with Gasteiger partial charge in [-0.25, -0.2) is 0 Å². The van der Waals surface area contributed by atoms with E-state index < -0.39 is 42.4 Å². The highest BCUT2D eigenvalue weighted by molar-refractivity contribution is 5.80. The molecule has 2 rings (SSSR count). The first-order chi connectivity index (χ1) is 13.8. The second-order valence-electron chi connectivity index (χ2n) is 6.46. The number of carbonyl (C=O) groups is 3. The minimum absolute atomic E-state index is 0.0558. The number of carbonyl (C=O) groups excluding carboxylic acids is 3. The number of aliphatic imine (C=N–C) groups is 1. The third-order valence-corrected chi connectivity index (χ3v) is 4.07. The van der Waals surface area contributed by atoms with E-state index in [2.05, 4.69) is 4.99 Å². The van der Waals surface area contributed by atoms with Crippen LogP contribution in [-0.2, 0) is 33.3 Å². The number of ether oxygens (including phenoxy) is 5. The van der Waals surface area contributed by atoms with Crippen LogP contribution in [0.2, 0.25) is 0 Å². The summed E-state index contributed by atoms with van der Waals surface area (Å²) in [6.45, 7) is 3.74. The van der Waals surface area contributed by atoms with Crippen LogP contribution in [0.25, 0.3) is 0 Å². The molecule has 4 atom stereocenters. The number of esters is 3. The van der Waals surface area contributed by atoms with E-state index >= 15 is 0 Å². The minimum Gasteiger partial charge on any atom is -0.497 e. The molecule has 9 heteroatoms. The van der Waals surface area contributed by atoms with Crippen molar-refractivity contribution in [2.45, 2.75) is 51.7 Å². The third kappa shape index (κ3) is 7.19. The summed E-state index contributed by atoms with van der Waals surface area (Å²) in [6, 6.07) is 6.38. The Morgan fingerprint density at radius 2 is 1.72 bits per heavy atom. The first kappa shape index (κ1) is 22.4. The Kier molecular flexibility index (Phi) is 8.14. The largest absolute Gasteiger partial charge is 0.497 e. The van der Waals surface area contributed by atoms with Crippen LogP contribution < -0.4 is 4.74 Å². The Hall–Kier alpha value is -2.94. The fraction of sp³-hybridized carbons (Fsp3) is 0.500. The van der Waals surface area contributed by atoms with Gasteiger partial charge in [0.05, 0.1) is 13.2 Å². The average molecular weight is 407 g/mol. The molecular formula is C20H25NO8. The van der Waals surface area contributed by atoms with E-state index in [1.165, 1.54) is 20.8 Å². The molecule has 9 nitrogen and oxygen atoms in total. The van der Waals surface area contributed by atoms with Crippen molar-refractivity contribution >= 4 is 24.1 Å². The van der Waals surface area contributed by atoms with Crippen molar-refractivity contribution in [2.24, 2.45) is 4.99 Å². The zero-order chi connectivity index (χ0) is 21.4. The zero-order valence-electron chi connectivity index (χ0n) is 16.8. The van der Waals surface area contributed by atoms with Gasteiger partial charge in [-0.3, -0.25) is 19.4 Å². The first-order valence-electron chi connectivity index (χ1n) is 9.09. The normalized spacial score (nSPS) is 24.0. The highest BCUT2D eigenvalue weighted by atomic mass is 16.7. The zero-order valence-corrected chi connectivity index (χ0v) is 16.8. The summed E-state index contributed by atoms with van der Waals surface area (Å²) < 4.78 is 26.5. The van der Waals surface area contributed by atoms with Crippen LogP contribution in [0.4, 0.5) is 0 Å². The van der Waals surface area contributed by atoms with Crippen molar-refractivity contribution in [3.63, 3.8) is 0 Å². The molecule has 0 radical (unpaired) electrons. The molecule has 1 aromatic rings. The van der Waals surface area contributed by atoms with Crippen LogP contribution in [0.15, 0.2) is 29.3 Å². The van der Waals surface area contributed by atoms with E-state index in [0.717, 1.165) is 5.56 Å². The first-order valence-corrected chi connectivity index (χ1v) is 9.09. The number of benzene rings is 1. The molecule has 0 aliphatic carbocycles. The van der Waals surface area contributed by atoms with Gasteiger partial charge in [0.1, 0.15) is 24.5 Å². The van der Waals surface area contributed by atoms with Crippen molar-refractivity contribution in [1.82, 2.24) is 0 Å². The standard InChI is InChI=1S/C20H25NO8/c1-12(22)26-11-17-9-18(27-13(2)23)19(20(29-17)28-14(3)24)21-10-15-5-7-16(25-4)8-6-15/h5-8,10,17-20H,9,11H2,1-4H3. The summed E-state index contributed by atoms with van der Waals surface area (Å²) in [7, 11) is 1.57. The number of rotatable bonds is 7. The summed E-state index contributed by atoms with van der Waals surface area (Å²) in [5.41, 5.74) is 0.774. The summed E-state index contributed by atoms with van der Waals surface area (Å²) in [6.07, 6.45) is -0.622. The Labute approximate surface area is 168 Å². The summed E-state index contributed by atoms with van der Waals surface area (Å²) in [5, 5.41) is 0. The van der Waals surface area contributed by atoms with E-state index in [0.29, 0.717) is 5.75 Å². The fourth-order valence-electron chi connectivity index (χ4n) is 2.84. The van der Waals surface area contributed by atoms with Gasteiger partial charge >= 0.3 is 17.9 Å². The predicted octanol–water partition coefficient (Wildman–Crippen LogP) is 1.66. The number of methoxy groups -OCH3 is 1. The number of hydrogen-bond donors (Lipinski definition) is 0. The molecule has 0 bridgehead atoms. The second kappa shape index (κ2) is 10.6. The molecule has 4 unspecified atom stereocenters. The Balaban J connectivity index is 2.23. The molecule has 1 fully saturated rings. The van der Waals surface area contributed by atoms with Gasteiger partial charge in [-0.05, 0) is 29.8 Å². The monoisotopic (exact) mass is 407 g/mol. The van der Waals surface area contributed by atoms with E-state index in [1.807, 2.05) is 0 Å². The van der Waals surface area contributed by atoms with Crippen molar-refractivity contribution < 1.29 is 38.1 Å². The van der Waals surface area contributed by atoms with Gasteiger partial charge in [-0.2, -0.15) is 0 Å². The van der Waals surface area contributed by atoms with Crippen molar-refractivity contribution in [2.75, 3.05) is 13.7 Å². The van der Waals surface area contributed by atoms with Crippen molar-refractivity contribution in [3.05, 3.63) is 29.8 Å². The molecule has 0 saturated carbocycles. The van der Waals surface area contributed by atoms with Gasteiger partial charge in [0.15, 0.2) is 0 Å². The molecule has 0 N–H and O–H groups in total. The highest BCUT2D eigenvalue weighted by Crippen LogP contribution is 2.27. The lowest BCUT2D eigenvalue weighted by Gasteiger charge is -2.38. The Morgan fingerprint density at radius 3 is 2.28 bits per heavy atom. The maximum absolute atomic E-state index is 11.6. The smallest absolute Gasteiger partial charge is 0.305 e. The molecule has 0 amide bonds. The van der Waals surface area contributed by atoms with Crippen LogP contribution >= 0.6 is 0 Å². The molecule has 1 saturated heterocycles. The van der Waals surface area contributed by atoms with E-state index in [4.69, 9.17) is 23.7 Å². The Morgan fingerprint density at radius 1 is 1.07 bits per heavy atom. The molecule has 1 aliphatic heterocycles. The molecule has 29 heavy (non-hydrogen) atoms. The predicted molar refractivity (Wildman–Crippen MR) is 102 cm³/mol. The van der Waals surface area contributed by atoms with Crippen LogP contribution in [0.3, 0.4) is 0 Å². The van der Waals surface area contributed by atoms with Crippen LogP contribution in [0.1, 0.15) is 32.8 Å². The van der Waals surface area contributed by atoms with Crippen LogP contribution in [0.5, 0.6) is 5.75 Å². The third-order valence-electron chi connectivity index (χ3n) is 4.07. The maximum atomic E-state index is 11.6. The van der Waals surface area contributed by atoms with E-state index in [9.17, 15) is 14.4 Å². The van der Waals surface area contributed by atoms with Crippen molar-refractivity contribution in [3.8, 4) is 5.75 Å². The SMILES string of the molecule is COc1ccc(C=NC2C(OC(C)=O)CC(COC(C)=O)OC2OC(C)=O)cc1. The van der Waals surface area contributed by atoms with E-state index in [1.54, 1.807) is 37.6 Å². The quantitative estimate of drug-likeness (QED) is 0.381. The minimum atomic E-state index is -1.10. The Bertz CT molecular complexity index is 719. The van der Waals surface area contributed by atoms with Crippen molar-refractivity contribution in [1.29, 1.82) is 0 Å². The molecule has 0 aromatic heterocycles. The lowest BCUT2D eigenvalue weighted by molar-refractivity contribution is -0.232. The lowest BCUT2D eigenvalue weighted by Crippen LogP contribution is -2.51. The molecule has 1 heterocycles. The summed E-state index contributed by atoms with van der Waals surface area (Å²) >= 11 is 0. The van der Waals surface area contributed by atoms with Gasteiger partial charge in [0.25, 0.3) is 0 Å². The number of nitrogens with zero attached hydrogens (tertiary/aromatic N) is 1. The fourth-order valence-corrected chi connectivity index (χ4v) is 2.84. The second-order valence-corrected chi connectivity index (χ2v) is 6.46. The molecule has 158 valence electrons. The topological polar surface area (TPSA) is 110 Å².